The van der Waals surface area contributed by atoms with Crippen LogP contribution in [-0.4, -0.2) is 4.92 Å². The van der Waals surface area contributed by atoms with Crippen molar-refractivity contribution in [3.05, 3.63) is 69.8 Å². The van der Waals surface area contributed by atoms with E-state index >= 15 is 0 Å². The minimum Gasteiger partial charge on any atom is -0.264 e. The van der Waals surface area contributed by atoms with Crippen molar-refractivity contribution in [3.63, 3.8) is 0 Å². The number of hydrogen-bond acceptors (Lipinski definition) is 2. The van der Waals surface area contributed by atoms with Gasteiger partial charge in [0.15, 0.2) is 0 Å². The molecule has 0 heterocycles. The summed E-state index contributed by atoms with van der Waals surface area (Å²) in [7, 11) is 0. The number of nitrogens with zero attached hydrogens (tertiary/aromatic N) is 1. The maximum absolute atomic E-state index is 11.1. The summed E-state index contributed by atoms with van der Waals surface area (Å²) in [6, 6.07) is 15.2. The molecule has 0 fully saturated rings. The second-order valence-electron chi connectivity index (χ2n) is 3.78. The molecule has 1 aliphatic carbocycles. The van der Waals surface area contributed by atoms with Gasteiger partial charge in [0.25, 0.3) is 6.04 Å². The molecule has 0 bridgehead atoms. The van der Waals surface area contributed by atoms with Crippen molar-refractivity contribution in [1.29, 1.82) is 0 Å². The Morgan fingerprint density at radius 3 is 2.69 bits per heavy atom. The molecule has 3 nitrogen and oxygen atoms in total. The second kappa shape index (κ2) is 3.17. The first-order chi connectivity index (χ1) is 7.79. The van der Waals surface area contributed by atoms with E-state index in [-0.39, 0.29) is 4.92 Å². The van der Waals surface area contributed by atoms with Gasteiger partial charge in [-0.2, -0.15) is 0 Å². The van der Waals surface area contributed by atoms with Gasteiger partial charge < -0.3 is 0 Å². The Hall–Kier alpha value is -2.16. The van der Waals surface area contributed by atoms with Crippen molar-refractivity contribution in [2.75, 3.05) is 0 Å². The van der Waals surface area contributed by atoms with E-state index in [1.165, 1.54) is 0 Å². The van der Waals surface area contributed by atoms with Crippen LogP contribution in [0.15, 0.2) is 42.5 Å². The van der Waals surface area contributed by atoms with Crippen LogP contribution in [0.4, 0.5) is 0 Å². The lowest BCUT2D eigenvalue weighted by Crippen LogP contribution is -2.08. The highest BCUT2D eigenvalue weighted by molar-refractivity contribution is 5.77. The maximum atomic E-state index is 11.1. The molecule has 0 spiro atoms. The summed E-state index contributed by atoms with van der Waals surface area (Å²) >= 11 is 0. The molecule has 0 aliphatic heterocycles. The Balaban J connectivity index is 2.34. The van der Waals surface area contributed by atoms with E-state index in [9.17, 15) is 10.1 Å². The summed E-state index contributed by atoms with van der Waals surface area (Å²) in [6.07, 6.45) is 0. The minimum absolute atomic E-state index is 0.238. The molecule has 3 rings (SSSR count). The number of hydrogen-bond donors (Lipinski definition) is 0. The third-order valence-electron chi connectivity index (χ3n) is 2.92. The number of fused-ring (bicyclic) bond motifs is 3. The van der Waals surface area contributed by atoms with Crippen LogP contribution in [0.25, 0.3) is 11.1 Å². The molecule has 0 aromatic heterocycles. The molecule has 2 aromatic carbocycles. The van der Waals surface area contributed by atoms with E-state index < -0.39 is 6.04 Å². The Labute approximate surface area is 92.5 Å². The van der Waals surface area contributed by atoms with E-state index in [1.807, 2.05) is 24.3 Å². The monoisotopic (exact) mass is 210 g/mol. The van der Waals surface area contributed by atoms with Crippen molar-refractivity contribution >= 4 is 0 Å². The van der Waals surface area contributed by atoms with E-state index in [4.69, 9.17) is 0 Å². The van der Waals surface area contributed by atoms with Gasteiger partial charge in [0.05, 0.1) is 0 Å². The fourth-order valence-electron chi connectivity index (χ4n) is 2.27. The van der Waals surface area contributed by atoms with Crippen LogP contribution in [0.2, 0.25) is 0 Å². The van der Waals surface area contributed by atoms with Gasteiger partial charge in [-0.15, -0.1) is 0 Å². The van der Waals surface area contributed by atoms with Gasteiger partial charge in [-0.25, -0.2) is 0 Å². The average Bonchev–Trinajstić information content (AvgIpc) is 2.63. The average molecular weight is 210 g/mol. The molecule has 0 saturated heterocycles. The van der Waals surface area contributed by atoms with Crippen molar-refractivity contribution in [1.82, 2.24) is 0 Å². The van der Waals surface area contributed by atoms with Gasteiger partial charge in [0.2, 0.25) is 0 Å². The fraction of sp³-hybridized carbons (Fsp3) is 0.0769. The first-order valence-corrected chi connectivity index (χ1v) is 5.02. The summed E-state index contributed by atoms with van der Waals surface area (Å²) in [6.45, 7) is 0. The molecule has 16 heavy (non-hydrogen) atoms. The summed E-state index contributed by atoms with van der Waals surface area (Å²) < 4.78 is 0. The molecule has 3 heteroatoms. The Morgan fingerprint density at radius 2 is 1.88 bits per heavy atom. The van der Waals surface area contributed by atoms with E-state index in [0.717, 1.165) is 22.3 Å². The number of nitro groups is 1. The van der Waals surface area contributed by atoms with Gasteiger partial charge in [0, 0.05) is 21.6 Å². The molecule has 2 aromatic rings. The van der Waals surface area contributed by atoms with Crippen LogP contribution in [0.1, 0.15) is 17.2 Å². The molecule has 1 radical (unpaired) electrons. The van der Waals surface area contributed by atoms with E-state index in [1.54, 1.807) is 18.2 Å². The second-order valence-corrected chi connectivity index (χ2v) is 3.78. The Bertz CT molecular complexity index is 532. The highest BCUT2D eigenvalue weighted by atomic mass is 16.6. The number of benzene rings is 2. The first kappa shape index (κ1) is 9.09. The molecule has 0 saturated carbocycles. The first-order valence-electron chi connectivity index (χ1n) is 5.02. The molecule has 1 aliphatic rings. The van der Waals surface area contributed by atoms with Crippen LogP contribution >= 0.6 is 0 Å². The van der Waals surface area contributed by atoms with Gasteiger partial charge in [0.1, 0.15) is 0 Å². The van der Waals surface area contributed by atoms with Crippen LogP contribution < -0.4 is 0 Å². The normalized spacial score (nSPS) is 13.2. The molecular formula is C13H8NO2. The van der Waals surface area contributed by atoms with Crippen LogP contribution in [0, 0.1) is 16.2 Å². The third-order valence-corrected chi connectivity index (χ3v) is 2.92. The van der Waals surface area contributed by atoms with Gasteiger partial charge in [-0.3, -0.25) is 10.1 Å². The quantitative estimate of drug-likeness (QED) is 0.536. The van der Waals surface area contributed by atoms with Crippen molar-refractivity contribution in [2.24, 2.45) is 0 Å². The molecule has 0 amide bonds. The lowest BCUT2D eigenvalue weighted by molar-refractivity contribution is -0.516. The molecule has 1 atom stereocenters. The van der Waals surface area contributed by atoms with Crippen molar-refractivity contribution < 1.29 is 4.92 Å². The third kappa shape index (κ3) is 1.08. The topological polar surface area (TPSA) is 43.1 Å². The van der Waals surface area contributed by atoms with Crippen LogP contribution in [-0.2, 0) is 0 Å². The zero-order chi connectivity index (χ0) is 11.1. The lowest BCUT2D eigenvalue weighted by Gasteiger charge is -2.03. The summed E-state index contributed by atoms with van der Waals surface area (Å²) in [5.41, 5.74) is 3.30. The predicted octanol–water partition coefficient (Wildman–Crippen LogP) is 2.83. The SMILES string of the molecule is O=[N+]([O-])C1c2ccc[c]c2-c2ccccc21. The summed E-state index contributed by atoms with van der Waals surface area (Å²) in [4.78, 5) is 10.9. The number of rotatable bonds is 1. The fourth-order valence-corrected chi connectivity index (χ4v) is 2.27. The van der Waals surface area contributed by atoms with Crippen LogP contribution in [0.5, 0.6) is 0 Å². The van der Waals surface area contributed by atoms with Gasteiger partial charge in [-0.05, 0) is 11.6 Å². The summed E-state index contributed by atoms with van der Waals surface area (Å²) in [5, 5.41) is 11.1. The standard InChI is InChI=1S/C13H8NO2/c15-14(16)13-11-7-3-1-5-9(11)10-6-2-4-8-12(10)13/h1-5,7-8,13H. The molecule has 1 unspecified atom stereocenters. The van der Waals surface area contributed by atoms with Gasteiger partial charge >= 0.3 is 0 Å². The smallest absolute Gasteiger partial charge is 0.264 e. The molecule has 0 N–H and O–H groups in total. The Kier molecular flexibility index (Phi) is 1.80. The van der Waals surface area contributed by atoms with E-state index in [2.05, 4.69) is 6.07 Å². The predicted molar refractivity (Wildman–Crippen MR) is 59.6 cm³/mol. The zero-order valence-corrected chi connectivity index (χ0v) is 8.38. The highest BCUT2D eigenvalue weighted by Gasteiger charge is 2.36. The van der Waals surface area contributed by atoms with Crippen molar-refractivity contribution in [2.45, 2.75) is 6.04 Å². The van der Waals surface area contributed by atoms with Gasteiger partial charge in [-0.1, -0.05) is 42.5 Å². The maximum Gasteiger partial charge on any atom is 0.264 e. The largest absolute Gasteiger partial charge is 0.264 e. The highest BCUT2D eigenvalue weighted by Crippen LogP contribution is 2.44. The molecular weight excluding hydrogens is 202 g/mol. The van der Waals surface area contributed by atoms with Crippen molar-refractivity contribution in [3.8, 4) is 11.1 Å². The lowest BCUT2D eigenvalue weighted by atomic mass is 10.1. The van der Waals surface area contributed by atoms with E-state index in [0.29, 0.717) is 0 Å². The summed E-state index contributed by atoms with van der Waals surface area (Å²) in [5.74, 6) is 0. The Morgan fingerprint density at radius 1 is 1.12 bits per heavy atom. The zero-order valence-electron chi connectivity index (χ0n) is 8.38. The minimum atomic E-state index is -0.733. The van der Waals surface area contributed by atoms with Crippen LogP contribution in [0.3, 0.4) is 0 Å². The molecule has 77 valence electrons.